The van der Waals surface area contributed by atoms with Crippen molar-refractivity contribution >= 4 is 35.1 Å². The van der Waals surface area contributed by atoms with Gasteiger partial charge in [-0.1, -0.05) is 18.5 Å². The van der Waals surface area contributed by atoms with Crippen LogP contribution < -0.4 is 10.2 Å². The molecule has 182 valence electrons. The molecule has 0 radical (unpaired) electrons. The van der Waals surface area contributed by atoms with Gasteiger partial charge in [0.15, 0.2) is 5.69 Å². The van der Waals surface area contributed by atoms with Crippen molar-refractivity contribution < 1.29 is 19.1 Å². The summed E-state index contributed by atoms with van der Waals surface area (Å²) in [5.41, 5.74) is 0.376. The lowest BCUT2D eigenvalue weighted by atomic mass is 9.86. The largest absolute Gasteiger partial charge is 0.461 e. The molecule has 2 amide bonds. The van der Waals surface area contributed by atoms with Gasteiger partial charge in [0.1, 0.15) is 11.2 Å². The summed E-state index contributed by atoms with van der Waals surface area (Å²) in [5.74, 6) is -0.599. The molecule has 1 N–H and O–H groups in total. The Morgan fingerprint density at radius 3 is 2.59 bits per heavy atom. The summed E-state index contributed by atoms with van der Waals surface area (Å²) < 4.78 is 6.50. The van der Waals surface area contributed by atoms with Crippen LogP contribution in [0.25, 0.3) is 0 Å². The van der Waals surface area contributed by atoms with E-state index < -0.39 is 17.4 Å². The summed E-state index contributed by atoms with van der Waals surface area (Å²) in [4.78, 5) is 41.4. The van der Waals surface area contributed by atoms with Crippen LogP contribution >= 0.6 is 11.6 Å². The third kappa shape index (κ3) is 4.43. The maximum Gasteiger partial charge on any atom is 0.358 e. The Labute approximate surface area is 204 Å². The number of nitrogens with zero attached hydrogens (tertiary/aromatic N) is 3. The van der Waals surface area contributed by atoms with Gasteiger partial charge in [-0.15, -0.1) is 0 Å². The molecule has 4 rings (SSSR count). The topological polar surface area (TPSA) is 93.5 Å². The first-order chi connectivity index (χ1) is 16.1. The van der Waals surface area contributed by atoms with Gasteiger partial charge in [0.2, 0.25) is 5.91 Å². The zero-order valence-electron chi connectivity index (χ0n) is 20.1. The number of hydrogen-bond acceptors (Lipinski definition) is 5. The van der Waals surface area contributed by atoms with Gasteiger partial charge in [-0.2, -0.15) is 5.10 Å². The average molecular weight is 487 g/mol. The highest BCUT2D eigenvalue weighted by molar-refractivity contribution is 6.30. The summed E-state index contributed by atoms with van der Waals surface area (Å²) in [7, 11) is 0. The smallest absolute Gasteiger partial charge is 0.358 e. The molecular formula is C25H31ClN4O4. The molecule has 1 saturated carbocycles. The van der Waals surface area contributed by atoms with E-state index in [1.807, 2.05) is 6.92 Å². The van der Waals surface area contributed by atoms with Gasteiger partial charge in [0.05, 0.1) is 13.2 Å². The minimum atomic E-state index is -1.26. The monoisotopic (exact) mass is 486 g/mol. The molecule has 1 aromatic carbocycles. The van der Waals surface area contributed by atoms with Crippen LogP contribution in [0.3, 0.4) is 0 Å². The normalized spacial score (nSPS) is 24.5. The molecule has 0 spiro atoms. The highest BCUT2D eigenvalue weighted by atomic mass is 35.5. The number of halogens is 1. The van der Waals surface area contributed by atoms with Crippen LogP contribution in [0.5, 0.6) is 0 Å². The molecular weight excluding hydrogens is 456 g/mol. The van der Waals surface area contributed by atoms with Gasteiger partial charge in [-0.25, -0.2) is 4.79 Å². The Bertz CT molecular complexity index is 1120. The van der Waals surface area contributed by atoms with Gasteiger partial charge >= 0.3 is 5.97 Å². The minimum absolute atomic E-state index is 0.0453. The summed E-state index contributed by atoms with van der Waals surface area (Å²) in [6.45, 7) is 7.83. The van der Waals surface area contributed by atoms with Crippen molar-refractivity contribution in [1.29, 1.82) is 0 Å². The zero-order chi connectivity index (χ0) is 24.6. The first-order valence-electron chi connectivity index (χ1n) is 11.8. The second-order valence-electron chi connectivity index (χ2n) is 9.57. The van der Waals surface area contributed by atoms with E-state index in [1.165, 1.54) is 15.6 Å². The van der Waals surface area contributed by atoms with E-state index in [0.717, 1.165) is 31.2 Å². The number of aromatic nitrogens is 2. The van der Waals surface area contributed by atoms with Gasteiger partial charge in [-0.3, -0.25) is 19.2 Å². The second kappa shape index (κ2) is 9.41. The summed E-state index contributed by atoms with van der Waals surface area (Å²) in [5, 5.41) is 8.05. The van der Waals surface area contributed by atoms with E-state index >= 15 is 0 Å². The number of aryl methyl sites for hydroxylation is 1. The molecule has 2 heterocycles. The Morgan fingerprint density at radius 2 is 1.94 bits per heavy atom. The Hall–Kier alpha value is -2.87. The van der Waals surface area contributed by atoms with Crippen LogP contribution in [0.1, 0.15) is 73.0 Å². The third-order valence-corrected chi connectivity index (χ3v) is 7.11. The summed E-state index contributed by atoms with van der Waals surface area (Å²) >= 11 is 6.17. The molecule has 8 nitrogen and oxygen atoms in total. The standard InChI is InChI=1S/C25H31ClN4O4/c1-5-34-23(32)19-13-21-22(31)30(20-11-8-17(26)12-16(20)3)25(4,14-29(21)28-19)24(33)27-18-9-6-15(2)7-10-18/h8,11-13,15,18H,5-7,9-10,14H2,1-4H3,(H,27,33). The van der Waals surface area contributed by atoms with Crippen LogP contribution in [-0.2, 0) is 16.1 Å². The molecule has 1 aliphatic carbocycles. The second-order valence-corrected chi connectivity index (χ2v) is 10.0. The van der Waals surface area contributed by atoms with Gasteiger partial charge in [0.25, 0.3) is 5.91 Å². The van der Waals surface area contributed by atoms with E-state index in [2.05, 4.69) is 17.3 Å². The van der Waals surface area contributed by atoms with E-state index in [4.69, 9.17) is 16.3 Å². The maximum absolute atomic E-state index is 13.8. The lowest BCUT2D eigenvalue weighted by Gasteiger charge is -2.44. The fourth-order valence-corrected chi connectivity index (χ4v) is 5.11. The van der Waals surface area contributed by atoms with Crippen molar-refractivity contribution in [2.45, 2.75) is 71.5 Å². The van der Waals surface area contributed by atoms with Gasteiger partial charge in [0, 0.05) is 22.8 Å². The number of hydrogen-bond donors (Lipinski definition) is 1. The number of rotatable bonds is 5. The molecule has 0 saturated heterocycles. The van der Waals surface area contributed by atoms with Crippen LogP contribution in [0, 0.1) is 12.8 Å². The third-order valence-electron chi connectivity index (χ3n) is 6.88. The summed E-state index contributed by atoms with van der Waals surface area (Å²) in [6.07, 6.45) is 3.95. The number of carbonyl (C=O) groups excluding carboxylic acids is 3. The fraction of sp³-hybridized carbons (Fsp3) is 0.520. The van der Waals surface area contributed by atoms with Crippen LogP contribution in [0.15, 0.2) is 24.3 Å². The molecule has 2 aromatic rings. The van der Waals surface area contributed by atoms with Crippen molar-refractivity contribution in [3.05, 3.63) is 46.2 Å². The number of benzene rings is 1. The van der Waals surface area contributed by atoms with Gasteiger partial charge in [-0.05, 0) is 76.1 Å². The number of ether oxygens (including phenoxy) is 1. The molecule has 2 aliphatic rings. The molecule has 1 aliphatic heterocycles. The highest BCUT2D eigenvalue weighted by Gasteiger charge is 2.50. The van der Waals surface area contributed by atoms with Crippen molar-refractivity contribution in [2.24, 2.45) is 5.92 Å². The van der Waals surface area contributed by atoms with Gasteiger partial charge < -0.3 is 10.1 Å². The lowest BCUT2D eigenvalue weighted by molar-refractivity contribution is -0.127. The average Bonchev–Trinajstić information content (AvgIpc) is 3.21. The molecule has 0 bridgehead atoms. The van der Waals surface area contributed by atoms with E-state index in [0.29, 0.717) is 16.6 Å². The Kier molecular flexibility index (Phi) is 6.71. The van der Waals surface area contributed by atoms with Crippen molar-refractivity contribution in [3.63, 3.8) is 0 Å². The number of fused-ring (bicyclic) bond motifs is 1. The Balaban J connectivity index is 1.74. The van der Waals surface area contributed by atoms with Crippen molar-refractivity contribution in [3.8, 4) is 0 Å². The summed E-state index contributed by atoms with van der Waals surface area (Å²) in [6, 6.07) is 6.72. The van der Waals surface area contributed by atoms with E-state index in [9.17, 15) is 14.4 Å². The number of anilines is 1. The molecule has 1 atom stereocenters. The SMILES string of the molecule is CCOC(=O)c1cc2n(n1)CC(C)(C(=O)NC1CCC(C)CC1)N(c1ccc(Cl)cc1C)C2=O. The Morgan fingerprint density at radius 1 is 1.24 bits per heavy atom. The number of esters is 1. The molecule has 1 aromatic heterocycles. The zero-order valence-corrected chi connectivity index (χ0v) is 20.8. The van der Waals surface area contributed by atoms with Crippen LogP contribution in [-0.4, -0.2) is 45.8 Å². The highest BCUT2D eigenvalue weighted by Crippen LogP contribution is 2.36. The van der Waals surface area contributed by atoms with E-state index in [1.54, 1.807) is 32.0 Å². The molecule has 9 heteroatoms. The van der Waals surface area contributed by atoms with E-state index in [-0.39, 0.29) is 36.5 Å². The minimum Gasteiger partial charge on any atom is -0.461 e. The first-order valence-corrected chi connectivity index (χ1v) is 12.2. The predicted molar refractivity (Wildman–Crippen MR) is 129 cm³/mol. The predicted octanol–water partition coefficient (Wildman–Crippen LogP) is 4.14. The molecule has 1 unspecified atom stereocenters. The number of carbonyl (C=O) groups is 3. The number of amides is 2. The number of nitrogens with one attached hydrogen (secondary N) is 1. The van der Waals surface area contributed by atoms with Crippen molar-refractivity contribution in [1.82, 2.24) is 15.1 Å². The first kappa shape index (κ1) is 24.3. The molecule has 1 fully saturated rings. The van der Waals surface area contributed by atoms with Crippen molar-refractivity contribution in [2.75, 3.05) is 11.5 Å². The quantitative estimate of drug-likeness (QED) is 0.641. The molecule has 34 heavy (non-hydrogen) atoms. The van der Waals surface area contributed by atoms with Crippen LogP contribution in [0.4, 0.5) is 5.69 Å². The van der Waals surface area contributed by atoms with Crippen LogP contribution in [0.2, 0.25) is 5.02 Å². The fourth-order valence-electron chi connectivity index (χ4n) is 4.88. The lowest BCUT2D eigenvalue weighted by Crippen LogP contribution is -2.65. The maximum atomic E-state index is 13.8.